The van der Waals surface area contributed by atoms with Gasteiger partial charge in [-0.1, -0.05) is 18.2 Å². The van der Waals surface area contributed by atoms with Crippen LogP contribution in [0.4, 0.5) is 0 Å². The van der Waals surface area contributed by atoms with Crippen LogP contribution in [0.25, 0.3) is 11.0 Å². The van der Waals surface area contributed by atoms with E-state index in [4.69, 9.17) is 4.98 Å². The van der Waals surface area contributed by atoms with E-state index in [2.05, 4.69) is 9.55 Å². The van der Waals surface area contributed by atoms with E-state index in [1.807, 2.05) is 36.7 Å². The smallest absolute Gasteiger partial charge is 0.119 e. The number of phenols is 1. The van der Waals surface area contributed by atoms with Gasteiger partial charge in [0.25, 0.3) is 0 Å². The van der Waals surface area contributed by atoms with Crippen LogP contribution in [-0.2, 0) is 6.42 Å². The number of hydrogen-bond acceptors (Lipinski definition) is 3. The summed E-state index contributed by atoms with van der Waals surface area (Å²) in [6, 6.07) is 10.0. The third-order valence-corrected chi connectivity index (χ3v) is 3.82. The average molecular weight is 265 g/mol. The Hall–Kier alpha value is -2.36. The van der Waals surface area contributed by atoms with Crippen LogP contribution in [0.5, 0.6) is 5.75 Å². The summed E-state index contributed by atoms with van der Waals surface area (Å²) in [6.07, 6.45) is 6.69. The zero-order chi connectivity index (χ0) is 13.5. The number of hydrogen-bond donors (Lipinski definition) is 1. The van der Waals surface area contributed by atoms with Crippen molar-refractivity contribution in [1.82, 2.24) is 14.5 Å². The maximum Gasteiger partial charge on any atom is 0.119 e. The first-order chi connectivity index (χ1) is 9.83. The van der Waals surface area contributed by atoms with Crippen molar-refractivity contribution in [2.24, 2.45) is 0 Å². The molecule has 1 saturated carbocycles. The molecule has 0 unspecified atom stereocenters. The second-order valence-corrected chi connectivity index (χ2v) is 5.30. The molecule has 20 heavy (non-hydrogen) atoms. The topological polar surface area (TPSA) is 50.9 Å². The van der Waals surface area contributed by atoms with Gasteiger partial charge in [0.05, 0.1) is 11.7 Å². The summed E-state index contributed by atoms with van der Waals surface area (Å²) in [5, 5.41) is 9.94. The van der Waals surface area contributed by atoms with Gasteiger partial charge in [0.2, 0.25) is 0 Å². The molecule has 0 radical (unpaired) electrons. The lowest BCUT2D eigenvalue weighted by atomic mass is 10.1. The van der Waals surface area contributed by atoms with Crippen LogP contribution in [0.2, 0.25) is 0 Å². The summed E-state index contributed by atoms with van der Waals surface area (Å²) in [5.74, 6) is 1.34. The van der Waals surface area contributed by atoms with Gasteiger partial charge < -0.3 is 9.67 Å². The Bertz CT molecular complexity index is 774. The van der Waals surface area contributed by atoms with Crippen LogP contribution in [0.15, 0.2) is 42.7 Å². The standard InChI is InChI=1S/C16H15N3O/c20-15-4-2-1-3-11(15)9-16-18-13-10-17-8-7-14(13)19(16)12-5-6-12/h1-4,7-8,10,12,20H,5-6,9H2. The summed E-state index contributed by atoms with van der Waals surface area (Å²) >= 11 is 0. The third-order valence-electron chi connectivity index (χ3n) is 3.82. The molecule has 2 aromatic heterocycles. The van der Waals surface area contributed by atoms with Gasteiger partial charge in [-0.15, -0.1) is 0 Å². The van der Waals surface area contributed by atoms with E-state index < -0.39 is 0 Å². The summed E-state index contributed by atoms with van der Waals surface area (Å²) in [6.45, 7) is 0. The van der Waals surface area contributed by atoms with Crippen molar-refractivity contribution in [2.45, 2.75) is 25.3 Å². The molecular formula is C16H15N3O. The minimum Gasteiger partial charge on any atom is -0.508 e. The van der Waals surface area contributed by atoms with Gasteiger partial charge in [0, 0.05) is 24.2 Å². The number of benzene rings is 1. The molecule has 1 aliphatic rings. The highest BCUT2D eigenvalue weighted by atomic mass is 16.3. The second kappa shape index (κ2) is 4.34. The van der Waals surface area contributed by atoms with Crippen LogP contribution in [-0.4, -0.2) is 19.6 Å². The van der Waals surface area contributed by atoms with Crippen molar-refractivity contribution in [3.05, 3.63) is 54.1 Å². The summed E-state index contributed by atoms with van der Waals surface area (Å²) in [5.41, 5.74) is 3.00. The molecule has 3 aromatic rings. The van der Waals surface area contributed by atoms with Crippen LogP contribution < -0.4 is 0 Å². The van der Waals surface area contributed by atoms with E-state index >= 15 is 0 Å². The van der Waals surface area contributed by atoms with Crippen LogP contribution in [0, 0.1) is 0 Å². The predicted molar refractivity (Wildman–Crippen MR) is 76.7 cm³/mol. The number of para-hydroxylation sites is 1. The summed E-state index contributed by atoms with van der Waals surface area (Å²) in [4.78, 5) is 8.85. The fourth-order valence-electron chi connectivity index (χ4n) is 2.70. The second-order valence-electron chi connectivity index (χ2n) is 5.30. The van der Waals surface area contributed by atoms with E-state index in [0.29, 0.717) is 18.2 Å². The highest BCUT2D eigenvalue weighted by Crippen LogP contribution is 2.39. The molecule has 4 heteroatoms. The average Bonchev–Trinajstić information content (AvgIpc) is 3.23. The maximum absolute atomic E-state index is 9.94. The first-order valence-electron chi connectivity index (χ1n) is 6.90. The molecule has 1 aliphatic carbocycles. The molecule has 0 bridgehead atoms. The van der Waals surface area contributed by atoms with Gasteiger partial charge in [-0.3, -0.25) is 4.98 Å². The largest absolute Gasteiger partial charge is 0.508 e. The fraction of sp³-hybridized carbons (Fsp3) is 0.250. The predicted octanol–water partition coefficient (Wildman–Crippen LogP) is 3.06. The highest BCUT2D eigenvalue weighted by Gasteiger charge is 2.28. The van der Waals surface area contributed by atoms with E-state index in [9.17, 15) is 5.11 Å². The van der Waals surface area contributed by atoms with Gasteiger partial charge in [-0.2, -0.15) is 0 Å². The zero-order valence-electron chi connectivity index (χ0n) is 11.0. The fourth-order valence-corrected chi connectivity index (χ4v) is 2.70. The zero-order valence-corrected chi connectivity index (χ0v) is 11.0. The molecule has 2 heterocycles. The minimum atomic E-state index is 0.333. The molecule has 4 nitrogen and oxygen atoms in total. The first kappa shape index (κ1) is 11.5. The molecule has 4 rings (SSSR count). The first-order valence-corrected chi connectivity index (χ1v) is 6.90. The normalized spacial score (nSPS) is 14.8. The van der Waals surface area contributed by atoms with Crippen LogP contribution >= 0.6 is 0 Å². The van der Waals surface area contributed by atoms with Gasteiger partial charge in [0.1, 0.15) is 17.1 Å². The Morgan fingerprint density at radius 1 is 1.20 bits per heavy atom. The number of phenolic OH excluding ortho intramolecular Hbond substituents is 1. The number of nitrogens with zero attached hydrogens (tertiary/aromatic N) is 3. The molecule has 0 aliphatic heterocycles. The number of rotatable bonds is 3. The van der Waals surface area contributed by atoms with E-state index in [1.54, 1.807) is 6.07 Å². The molecule has 0 saturated heterocycles. The lowest BCUT2D eigenvalue weighted by molar-refractivity contribution is 0.468. The Morgan fingerprint density at radius 2 is 2.05 bits per heavy atom. The Morgan fingerprint density at radius 3 is 2.85 bits per heavy atom. The SMILES string of the molecule is Oc1ccccc1Cc1nc2cnccc2n1C1CC1. The van der Waals surface area contributed by atoms with Crippen molar-refractivity contribution >= 4 is 11.0 Å². The molecule has 0 amide bonds. The number of imidazole rings is 1. The van der Waals surface area contributed by atoms with Crippen LogP contribution in [0.1, 0.15) is 30.3 Å². The van der Waals surface area contributed by atoms with E-state index in [-0.39, 0.29) is 0 Å². The maximum atomic E-state index is 9.94. The number of aromatic hydroxyl groups is 1. The Balaban J connectivity index is 1.83. The third kappa shape index (κ3) is 1.84. The number of pyridine rings is 1. The summed E-state index contributed by atoms with van der Waals surface area (Å²) in [7, 11) is 0. The van der Waals surface area contributed by atoms with Crippen molar-refractivity contribution in [1.29, 1.82) is 0 Å². The number of aromatic nitrogens is 3. The molecule has 1 N–H and O–H groups in total. The van der Waals surface area contributed by atoms with Crippen molar-refractivity contribution in [2.75, 3.05) is 0 Å². The molecular weight excluding hydrogens is 250 g/mol. The van der Waals surface area contributed by atoms with Gasteiger partial charge in [-0.25, -0.2) is 4.98 Å². The molecule has 100 valence electrons. The number of fused-ring (bicyclic) bond motifs is 1. The molecule has 0 spiro atoms. The molecule has 0 atom stereocenters. The van der Waals surface area contributed by atoms with Gasteiger partial charge in [0.15, 0.2) is 0 Å². The van der Waals surface area contributed by atoms with Crippen molar-refractivity contribution < 1.29 is 5.11 Å². The molecule has 1 fully saturated rings. The highest BCUT2D eigenvalue weighted by molar-refractivity contribution is 5.75. The molecule has 1 aromatic carbocycles. The Labute approximate surface area is 116 Å². The lowest BCUT2D eigenvalue weighted by Gasteiger charge is -2.08. The van der Waals surface area contributed by atoms with Crippen molar-refractivity contribution in [3.8, 4) is 5.75 Å². The van der Waals surface area contributed by atoms with Gasteiger partial charge >= 0.3 is 0 Å². The van der Waals surface area contributed by atoms with Gasteiger partial charge in [-0.05, 0) is 25.0 Å². The van der Waals surface area contributed by atoms with Crippen LogP contribution in [0.3, 0.4) is 0 Å². The van der Waals surface area contributed by atoms with E-state index in [1.165, 1.54) is 12.8 Å². The monoisotopic (exact) mass is 265 g/mol. The lowest BCUT2D eigenvalue weighted by Crippen LogP contribution is -2.02. The summed E-state index contributed by atoms with van der Waals surface area (Å²) < 4.78 is 2.31. The van der Waals surface area contributed by atoms with E-state index in [0.717, 1.165) is 22.4 Å². The quantitative estimate of drug-likeness (QED) is 0.791. The van der Waals surface area contributed by atoms with Crippen molar-refractivity contribution in [3.63, 3.8) is 0 Å². The minimum absolute atomic E-state index is 0.333. The Kier molecular flexibility index (Phi) is 2.49.